The highest BCUT2D eigenvalue weighted by Crippen LogP contribution is 2.24. The van der Waals surface area contributed by atoms with Crippen LogP contribution in [0.5, 0.6) is 0 Å². The Kier molecular flexibility index (Phi) is 4.94. The van der Waals surface area contributed by atoms with Gasteiger partial charge >= 0.3 is 0 Å². The van der Waals surface area contributed by atoms with Crippen molar-refractivity contribution >= 4 is 0 Å². The van der Waals surface area contributed by atoms with Crippen molar-refractivity contribution in [3.63, 3.8) is 0 Å². The zero-order valence-electron chi connectivity index (χ0n) is 11.8. The molecule has 0 radical (unpaired) electrons. The quantitative estimate of drug-likeness (QED) is 0.875. The molecule has 3 heteroatoms. The van der Waals surface area contributed by atoms with Gasteiger partial charge in [0.05, 0.1) is 6.10 Å². The Balaban J connectivity index is 1.83. The van der Waals surface area contributed by atoms with E-state index in [-0.39, 0.29) is 18.0 Å². The number of aliphatic hydroxyl groups excluding tert-OH is 1. The maximum atomic E-state index is 13.5. The number of hydrogen-bond acceptors (Lipinski definition) is 2. The highest BCUT2D eigenvalue weighted by atomic mass is 19.1. The Bertz CT molecular complexity index is 413. The van der Waals surface area contributed by atoms with E-state index in [2.05, 4.69) is 12.2 Å². The van der Waals surface area contributed by atoms with Crippen LogP contribution in [0.1, 0.15) is 49.8 Å². The van der Waals surface area contributed by atoms with Crippen LogP contribution in [-0.2, 0) is 0 Å². The number of nitrogens with one attached hydrogen (secondary N) is 1. The van der Waals surface area contributed by atoms with Crippen LogP contribution in [0, 0.1) is 18.7 Å². The number of hydrogen-bond donors (Lipinski definition) is 2. The van der Waals surface area contributed by atoms with Crippen LogP contribution in [0.3, 0.4) is 0 Å². The van der Waals surface area contributed by atoms with Crippen LogP contribution < -0.4 is 5.32 Å². The molecule has 1 aliphatic rings. The van der Waals surface area contributed by atoms with Crippen molar-refractivity contribution in [1.29, 1.82) is 0 Å². The van der Waals surface area contributed by atoms with E-state index in [4.69, 9.17) is 0 Å². The predicted molar refractivity (Wildman–Crippen MR) is 75.5 cm³/mol. The number of rotatable bonds is 4. The average Bonchev–Trinajstić information content (AvgIpc) is 2.41. The van der Waals surface area contributed by atoms with Crippen LogP contribution in [0.2, 0.25) is 0 Å². The molecule has 1 unspecified atom stereocenters. The summed E-state index contributed by atoms with van der Waals surface area (Å²) in [5.74, 6) is 0.507. The van der Waals surface area contributed by atoms with Gasteiger partial charge in [-0.3, -0.25) is 0 Å². The molecule has 0 heterocycles. The van der Waals surface area contributed by atoms with Crippen molar-refractivity contribution in [3.05, 3.63) is 35.1 Å². The lowest BCUT2D eigenvalue weighted by molar-refractivity contribution is 0.108. The fourth-order valence-electron chi connectivity index (χ4n) is 2.69. The van der Waals surface area contributed by atoms with Gasteiger partial charge < -0.3 is 10.4 Å². The normalized spacial score (nSPS) is 25.3. The molecular formula is C16H24FNO. The summed E-state index contributed by atoms with van der Waals surface area (Å²) in [5.41, 5.74) is 1.69. The molecule has 0 aromatic heterocycles. The summed E-state index contributed by atoms with van der Waals surface area (Å²) in [6, 6.07) is 5.61. The predicted octanol–water partition coefficient (Wildman–Crippen LogP) is 3.34. The Hall–Kier alpha value is -0.930. The van der Waals surface area contributed by atoms with Gasteiger partial charge in [0.1, 0.15) is 5.82 Å². The van der Waals surface area contributed by atoms with Gasteiger partial charge in [0, 0.05) is 6.04 Å². The number of halogens is 1. The van der Waals surface area contributed by atoms with Crippen LogP contribution >= 0.6 is 0 Å². The topological polar surface area (TPSA) is 32.3 Å². The second-order valence-electron chi connectivity index (χ2n) is 5.81. The molecule has 1 saturated carbocycles. The van der Waals surface area contributed by atoms with Crippen molar-refractivity contribution in [2.45, 2.75) is 51.7 Å². The SMILES string of the molecule is Cc1ccc(C(C)NCC2CCC(O)CC2)cc1F. The zero-order chi connectivity index (χ0) is 13.8. The van der Waals surface area contributed by atoms with Gasteiger partial charge in [0.15, 0.2) is 0 Å². The summed E-state index contributed by atoms with van der Waals surface area (Å²) in [6.07, 6.45) is 3.91. The van der Waals surface area contributed by atoms with Gasteiger partial charge in [-0.25, -0.2) is 4.39 Å². The van der Waals surface area contributed by atoms with Crippen molar-refractivity contribution in [2.24, 2.45) is 5.92 Å². The Labute approximate surface area is 115 Å². The minimum Gasteiger partial charge on any atom is -0.393 e. The standard InChI is InChI=1S/C16H24FNO/c1-11-3-6-14(9-16(11)17)12(2)18-10-13-4-7-15(19)8-5-13/h3,6,9,12-13,15,18-19H,4-5,7-8,10H2,1-2H3. The largest absolute Gasteiger partial charge is 0.393 e. The molecule has 0 saturated heterocycles. The third kappa shape index (κ3) is 4.02. The molecule has 1 fully saturated rings. The summed E-state index contributed by atoms with van der Waals surface area (Å²) < 4.78 is 13.5. The molecule has 19 heavy (non-hydrogen) atoms. The molecule has 1 aromatic carbocycles. The van der Waals surface area contributed by atoms with Gasteiger partial charge in [-0.2, -0.15) is 0 Å². The smallest absolute Gasteiger partial charge is 0.126 e. The number of aliphatic hydroxyl groups is 1. The molecule has 2 N–H and O–H groups in total. The van der Waals surface area contributed by atoms with Gasteiger partial charge in [-0.05, 0) is 69.2 Å². The van der Waals surface area contributed by atoms with Crippen molar-refractivity contribution in [1.82, 2.24) is 5.32 Å². The van der Waals surface area contributed by atoms with Crippen LogP contribution in [0.4, 0.5) is 4.39 Å². The fraction of sp³-hybridized carbons (Fsp3) is 0.625. The third-order valence-electron chi connectivity index (χ3n) is 4.22. The average molecular weight is 265 g/mol. The van der Waals surface area contributed by atoms with Crippen molar-refractivity contribution < 1.29 is 9.50 Å². The second kappa shape index (κ2) is 6.49. The lowest BCUT2D eigenvalue weighted by Gasteiger charge is -2.27. The minimum absolute atomic E-state index is 0.0973. The first-order chi connectivity index (χ1) is 9.06. The number of benzene rings is 1. The van der Waals surface area contributed by atoms with Gasteiger partial charge in [-0.15, -0.1) is 0 Å². The second-order valence-corrected chi connectivity index (χ2v) is 5.81. The van der Waals surface area contributed by atoms with E-state index in [1.807, 2.05) is 12.1 Å². The summed E-state index contributed by atoms with van der Waals surface area (Å²) in [5, 5.41) is 13.0. The molecule has 1 aliphatic carbocycles. The van der Waals surface area contributed by atoms with E-state index >= 15 is 0 Å². The zero-order valence-corrected chi connectivity index (χ0v) is 11.8. The van der Waals surface area contributed by atoms with E-state index in [0.29, 0.717) is 11.5 Å². The molecule has 0 spiro atoms. The van der Waals surface area contributed by atoms with E-state index in [9.17, 15) is 9.50 Å². The molecule has 0 amide bonds. The fourth-order valence-corrected chi connectivity index (χ4v) is 2.69. The molecule has 1 aromatic rings. The lowest BCUT2D eigenvalue weighted by atomic mass is 9.87. The molecular weight excluding hydrogens is 241 g/mol. The third-order valence-corrected chi connectivity index (χ3v) is 4.22. The van der Waals surface area contributed by atoms with Gasteiger partial charge in [0.25, 0.3) is 0 Å². The van der Waals surface area contributed by atoms with E-state index < -0.39 is 0 Å². The minimum atomic E-state index is -0.132. The maximum Gasteiger partial charge on any atom is 0.126 e. The molecule has 1 atom stereocenters. The van der Waals surface area contributed by atoms with Crippen molar-refractivity contribution in [3.8, 4) is 0 Å². The summed E-state index contributed by atoms with van der Waals surface area (Å²) in [6.45, 7) is 4.80. The number of aryl methyl sites for hydroxylation is 1. The monoisotopic (exact) mass is 265 g/mol. The van der Waals surface area contributed by atoms with E-state index in [0.717, 1.165) is 37.8 Å². The Morgan fingerprint density at radius 2 is 2.00 bits per heavy atom. The molecule has 2 nitrogen and oxygen atoms in total. The first kappa shape index (κ1) is 14.5. The highest BCUT2D eigenvalue weighted by Gasteiger charge is 2.19. The molecule has 0 aliphatic heterocycles. The van der Waals surface area contributed by atoms with E-state index in [1.165, 1.54) is 0 Å². The Morgan fingerprint density at radius 1 is 1.32 bits per heavy atom. The van der Waals surface area contributed by atoms with Crippen LogP contribution in [-0.4, -0.2) is 17.8 Å². The van der Waals surface area contributed by atoms with E-state index in [1.54, 1.807) is 13.0 Å². The van der Waals surface area contributed by atoms with Crippen molar-refractivity contribution in [2.75, 3.05) is 6.54 Å². The molecule has 2 rings (SSSR count). The summed E-state index contributed by atoms with van der Waals surface area (Å²) in [7, 11) is 0. The molecule has 0 bridgehead atoms. The van der Waals surface area contributed by atoms with Gasteiger partial charge in [0.2, 0.25) is 0 Å². The Morgan fingerprint density at radius 3 is 2.63 bits per heavy atom. The summed E-state index contributed by atoms with van der Waals surface area (Å²) in [4.78, 5) is 0. The van der Waals surface area contributed by atoms with Crippen LogP contribution in [0.15, 0.2) is 18.2 Å². The summed E-state index contributed by atoms with van der Waals surface area (Å²) >= 11 is 0. The lowest BCUT2D eigenvalue weighted by Crippen LogP contribution is -2.29. The maximum absolute atomic E-state index is 13.5. The van der Waals surface area contributed by atoms with Crippen LogP contribution in [0.25, 0.3) is 0 Å². The molecule has 106 valence electrons. The van der Waals surface area contributed by atoms with Gasteiger partial charge in [-0.1, -0.05) is 12.1 Å². The first-order valence-corrected chi connectivity index (χ1v) is 7.23. The first-order valence-electron chi connectivity index (χ1n) is 7.23. The highest BCUT2D eigenvalue weighted by molar-refractivity contribution is 5.25.